The molecule has 1 N–H and O–H groups in total. The number of nitrogens with one attached hydrogen (secondary N) is 1. The number of ether oxygens (including phenoxy) is 3. The van der Waals surface area contributed by atoms with E-state index < -0.39 is 5.97 Å². The fourth-order valence-corrected chi connectivity index (χ4v) is 1.93. The molecule has 0 spiro atoms. The summed E-state index contributed by atoms with van der Waals surface area (Å²) >= 11 is 0. The van der Waals surface area contributed by atoms with Crippen LogP contribution in [0.1, 0.15) is 15.9 Å². The average Bonchev–Trinajstić information content (AvgIpc) is 2.59. The maximum atomic E-state index is 11.6. The Hall–Kier alpha value is -2.76. The van der Waals surface area contributed by atoms with Gasteiger partial charge in [0.2, 0.25) is 5.88 Å². The number of carbonyl (C=O) groups is 1. The van der Waals surface area contributed by atoms with Crippen LogP contribution in [-0.2, 0) is 11.3 Å². The highest BCUT2D eigenvalue weighted by Crippen LogP contribution is 2.20. The van der Waals surface area contributed by atoms with Crippen molar-refractivity contribution in [2.45, 2.75) is 6.54 Å². The highest BCUT2D eigenvalue weighted by atomic mass is 16.5. The first kappa shape index (κ1) is 15.6. The molecule has 1 heterocycles. The number of esters is 1. The van der Waals surface area contributed by atoms with Gasteiger partial charge in [0, 0.05) is 6.54 Å². The van der Waals surface area contributed by atoms with Crippen LogP contribution in [0.25, 0.3) is 0 Å². The molecule has 0 aliphatic rings. The largest absolute Gasteiger partial charge is 0.497 e. The zero-order chi connectivity index (χ0) is 15.9. The molecule has 0 atom stereocenters. The predicted molar refractivity (Wildman–Crippen MR) is 82.4 cm³/mol. The van der Waals surface area contributed by atoms with Crippen LogP contribution in [0, 0.1) is 0 Å². The Balaban J connectivity index is 2.11. The van der Waals surface area contributed by atoms with Crippen LogP contribution in [-0.4, -0.2) is 32.3 Å². The van der Waals surface area contributed by atoms with Crippen molar-refractivity contribution in [3.8, 4) is 11.6 Å². The van der Waals surface area contributed by atoms with Crippen molar-refractivity contribution in [2.75, 3.05) is 26.6 Å². The van der Waals surface area contributed by atoms with Crippen molar-refractivity contribution in [1.82, 2.24) is 4.98 Å². The lowest BCUT2D eigenvalue weighted by Gasteiger charge is -2.10. The summed E-state index contributed by atoms with van der Waals surface area (Å²) in [7, 11) is 4.40. The van der Waals surface area contributed by atoms with E-state index in [0.29, 0.717) is 12.4 Å². The van der Waals surface area contributed by atoms with Crippen molar-refractivity contribution in [3.63, 3.8) is 0 Å². The van der Waals surface area contributed by atoms with Crippen LogP contribution in [0.15, 0.2) is 36.4 Å². The fourth-order valence-electron chi connectivity index (χ4n) is 1.93. The van der Waals surface area contributed by atoms with Gasteiger partial charge < -0.3 is 19.5 Å². The van der Waals surface area contributed by atoms with E-state index in [1.807, 2.05) is 24.3 Å². The van der Waals surface area contributed by atoms with Gasteiger partial charge >= 0.3 is 5.97 Å². The first-order chi connectivity index (χ1) is 10.7. The van der Waals surface area contributed by atoms with Crippen molar-refractivity contribution >= 4 is 11.8 Å². The molecule has 6 nitrogen and oxygen atoms in total. The van der Waals surface area contributed by atoms with E-state index in [-0.39, 0.29) is 11.4 Å². The van der Waals surface area contributed by atoms with Crippen LogP contribution in [0.2, 0.25) is 0 Å². The number of rotatable bonds is 6. The third-order valence-corrected chi connectivity index (χ3v) is 3.07. The predicted octanol–water partition coefficient (Wildman–Crippen LogP) is 2.50. The van der Waals surface area contributed by atoms with Crippen LogP contribution < -0.4 is 14.8 Å². The SMILES string of the molecule is COC(=O)c1ccc(NCc2cccc(OC)c2)nc1OC. The van der Waals surface area contributed by atoms with Gasteiger partial charge in [0.05, 0.1) is 21.3 Å². The molecule has 2 aromatic rings. The molecule has 116 valence electrons. The van der Waals surface area contributed by atoms with E-state index in [0.717, 1.165) is 11.3 Å². The van der Waals surface area contributed by atoms with E-state index in [1.165, 1.54) is 14.2 Å². The number of anilines is 1. The van der Waals surface area contributed by atoms with Crippen LogP contribution in [0.5, 0.6) is 11.6 Å². The summed E-state index contributed by atoms with van der Waals surface area (Å²) in [5.41, 5.74) is 1.34. The normalized spacial score (nSPS) is 9.95. The molecule has 0 aliphatic carbocycles. The second-order valence-corrected chi connectivity index (χ2v) is 4.45. The third kappa shape index (κ3) is 3.66. The van der Waals surface area contributed by atoms with E-state index in [9.17, 15) is 4.79 Å². The second kappa shape index (κ2) is 7.31. The van der Waals surface area contributed by atoms with Crippen LogP contribution in [0.4, 0.5) is 5.82 Å². The number of methoxy groups -OCH3 is 3. The molecule has 0 aliphatic heterocycles. The first-order valence-electron chi connectivity index (χ1n) is 6.68. The minimum Gasteiger partial charge on any atom is -0.497 e. The number of hydrogen-bond acceptors (Lipinski definition) is 6. The molecule has 1 aromatic carbocycles. The summed E-state index contributed by atoms with van der Waals surface area (Å²) in [6.07, 6.45) is 0. The zero-order valence-corrected chi connectivity index (χ0v) is 12.8. The van der Waals surface area contributed by atoms with Gasteiger partial charge in [0.1, 0.15) is 17.1 Å². The second-order valence-electron chi connectivity index (χ2n) is 4.45. The standard InChI is InChI=1S/C16H18N2O4/c1-20-12-6-4-5-11(9-12)10-17-14-8-7-13(16(19)22-3)15(18-14)21-2/h4-9H,10H2,1-3H3,(H,17,18). The van der Waals surface area contributed by atoms with Crippen molar-refractivity contribution in [1.29, 1.82) is 0 Å². The van der Waals surface area contributed by atoms with Gasteiger partial charge in [-0.3, -0.25) is 0 Å². The van der Waals surface area contributed by atoms with E-state index >= 15 is 0 Å². The van der Waals surface area contributed by atoms with Crippen LogP contribution in [0.3, 0.4) is 0 Å². The Labute approximate surface area is 129 Å². The molecule has 2 rings (SSSR count). The number of benzene rings is 1. The number of nitrogens with zero attached hydrogens (tertiary/aromatic N) is 1. The van der Waals surface area contributed by atoms with Crippen molar-refractivity contribution in [3.05, 3.63) is 47.5 Å². The van der Waals surface area contributed by atoms with Gasteiger partial charge in [0.15, 0.2) is 0 Å². The minimum absolute atomic E-state index is 0.225. The van der Waals surface area contributed by atoms with Gasteiger partial charge in [-0.15, -0.1) is 0 Å². The molecule has 0 amide bonds. The number of aromatic nitrogens is 1. The zero-order valence-electron chi connectivity index (χ0n) is 12.8. The fraction of sp³-hybridized carbons (Fsp3) is 0.250. The average molecular weight is 302 g/mol. The number of hydrogen-bond donors (Lipinski definition) is 1. The molecule has 1 aromatic heterocycles. The van der Waals surface area contributed by atoms with Gasteiger partial charge in [0.25, 0.3) is 0 Å². The van der Waals surface area contributed by atoms with E-state index in [1.54, 1.807) is 19.2 Å². The van der Waals surface area contributed by atoms with Crippen molar-refractivity contribution < 1.29 is 19.0 Å². The smallest absolute Gasteiger partial charge is 0.343 e. The molecular weight excluding hydrogens is 284 g/mol. The molecule has 22 heavy (non-hydrogen) atoms. The van der Waals surface area contributed by atoms with Gasteiger partial charge in [-0.1, -0.05) is 12.1 Å². The topological polar surface area (TPSA) is 69.7 Å². The maximum Gasteiger partial charge on any atom is 0.343 e. The summed E-state index contributed by atoms with van der Waals surface area (Å²) < 4.78 is 15.0. The maximum absolute atomic E-state index is 11.6. The summed E-state index contributed by atoms with van der Waals surface area (Å²) in [6.45, 7) is 0.574. The Kier molecular flexibility index (Phi) is 5.19. The highest BCUT2D eigenvalue weighted by molar-refractivity contribution is 5.92. The molecule has 6 heteroatoms. The highest BCUT2D eigenvalue weighted by Gasteiger charge is 2.14. The molecule has 0 saturated carbocycles. The number of carbonyl (C=O) groups excluding carboxylic acids is 1. The lowest BCUT2D eigenvalue weighted by atomic mass is 10.2. The quantitative estimate of drug-likeness (QED) is 0.827. The first-order valence-corrected chi connectivity index (χ1v) is 6.68. The monoisotopic (exact) mass is 302 g/mol. The Bertz CT molecular complexity index is 658. The third-order valence-electron chi connectivity index (χ3n) is 3.07. The molecule has 0 radical (unpaired) electrons. The van der Waals surface area contributed by atoms with Gasteiger partial charge in [-0.05, 0) is 29.8 Å². The van der Waals surface area contributed by atoms with Gasteiger partial charge in [-0.2, -0.15) is 4.98 Å². The molecular formula is C16H18N2O4. The van der Waals surface area contributed by atoms with E-state index in [2.05, 4.69) is 15.0 Å². The molecule has 0 bridgehead atoms. The molecule has 0 fully saturated rings. The number of pyridine rings is 1. The van der Waals surface area contributed by atoms with Crippen molar-refractivity contribution in [2.24, 2.45) is 0 Å². The van der Waals surface area contributed by atoms with Gasteiger partial charge in [-0.25, -0.2) is 4.79 Å². The summed E-state index contributed by atoms with van der Waals surface area (Å²) in [6, 6.07) is 11.0. The molecule has 0 saturated heterocycles. The summed E-state index contributed by atoms with van der Waals surface area (Å²) in [5.74, 6) is 1.14. The molecule has 0 unspecified atom stereocenters. The Morgan fingerprint density at radius 2 is 1.95 bits per heavy atom. The lowest BCUT2D eigenvalue weighted by molar-refractivity contribution is 0.0596. The Morgan fingerprint density at radius 3 is 2.64 bits per heavy atom. The minimum atomic E-state index is -0.483. The van der Waals surface area contributed by atoms with E-state index in [4.69, 9.17) is 9.47 Å². The lowest BCUT2D eigenvalue weighted by Crippen LogP contribution is -2.08. The summed E-state index contributed by atoms with van der Waals surface area (Å²) in [5, 5.41) is 3.17. The summed E-state index contributed by atoms with van der Waals surface area (Å²) in [4.78, 5) is 15.8. The Morgan fingerprint density at radius 1 is 1.14 bits per heavy atom. The van der Waals surface area contributed by atoms with Crippen LogP contribution >= 0.6 is 0 Å².